The second kappa shape index (κ2) is 6.79. The zero-order valence-electron chi connectivity index (χ0n) is 14.1. The van der Waals surface area contributed by atoms with Gasteiger partial charge in [-0.05, 0) is 43.2 Å². The van der Waals surface area contributed by atoms with Gasteiger partial charge in [0.15, 0.2) is 0 Å². The number of nitro groups is 1. The Balaban J connectivity index is 1.91. The molecule has 0 saturated heterocycles. The lowest BCUT2D eigenvalue weighted by molar-refractivity contribution is -0.385. The molecule has 132 valence electrons. The highest BCUT2D eigenvalue weighted by Gasteiger charge is 2.16. The van der Waals surface area contributed by atoms with E-state index in [0.717, 1.165) is 10.9 Å². The summed E-state index contributed by atoms with van der Waals surface area (Å²) in [6.45, 7) is 3.48. The Bertz CT molecular complexity index is 1080. The van der Waals surface area contributed by atoms with E-state index in [4.69, 9.17) is 9.15 Å². The van der Waals surface area contributed by atoms with Gasteiger partial charge in [-0.3, -0.25) is 10.1 Å². The second-order valence-corrected chi connectivity index (χ2v) is 5.75. The molecule has 1 heterocycles. The Morgan fingerprint density at radius 1 is 1.19 bits per heavy atom. The number of fused-ring (bicyclic) bond motifs is 1. The first-order valence-corrected chi connectivity index (χ1v) is 7.93. The fourth-order valence-corrected chi connectivity index (χ4v) is 2.72. The van der Waals surface area contributed by atoms with E-state index in [0.29, 0.717) is 17.6 Å². The van der Waals surface area contributed by atoms with Gasteiger partial charge in [-0.2, -0.15) is 0 Å². The minimum atomic E-state index is -0.656. The maximum atomic E-state index is 12.3. The number of benzene rings is 2. The Morgan fingerprint density at radius 3 is 2.62 bits per heavy atom. The van der Waals surface area contributed by atoms with Crippen LogP contribution in [0.3, 0.4) is 0 Å². The summed E-state index contributed by atoms with van der Waals surface area (Å²) in [7, 11) is 0. The highest BCUT2D eigenvalue weighted by molar-refractivity contribution is 5.92. The monoisotopic (exact) mass is 353 g/mol. The lowest BCUT2D eigenvalue weighted by Gasteiger charge is -2.07. The van der Waals surface area contributed by atoms with Crippen molar-refractivity contribution in [3.63, 3.8) is 0 Å². The molecule has 26 heavy (non-hydrogen) atoms. The fourth-order valence-electron chi connectivity index (χ4n) is 2.72. The van der Waals surface area contributed by atoms with Crippen LogP contribution in [0, 0.1) is 17.0 Å². The van der Waals surface area contributed by atoms with Crippen LogP contribution in [0.15, 0.2) is 51.7 Å². The number of hydrogen-bond donors (Lipinski definition) is 0. The van der Waals surface area contributed by atoms with Crippen LogP contribution < -0.4 is 10.4 Å². The predicted octanol–water partition coefficient (Wildman–Crippen LogP) is 3.79. The van der Waals surface area contributed by atoms with Gasteiger partial charge in [0.1, 0.15) is 11.3 Å². The molecule has 0 saturated carbocycles. The summed E-state index contributed by atoms with van der Waals surface area (Å²) in [4.78, 5) is 34.2. The fraction of sp³-hybridized carbons (Fsp3) is 0.158. The van der Waals surface area contributed by atoms with Crippen LogP contribution in [0.1, 0.15) is 28.4 Å². The van der Waals surface area contributed by atoms with E-state index >= 15 is 0 Å². The van der Waals surface area contributed by atoms with Crippen LogP contribution in [0.2, 0.25) is 0 Å². The molecule has 0 radical (unpaired) electrons. The van der Waals surface area contributed by atoms with Crippen LogP contribution in [0.5, 0.6) is 5.75 Å². The van der Waals surface area contributed by atoms with Crippen molar-refractivity contribution in [2.75, 3.05) is 0 Å². The highest BCUT2D eigenvalue weighted by Crippen LogP contribution is 2.24. The molecule has 0 amide bonds. The zero-order chi connectivity index (χ0) is 18.8. The second-order valence-electron chi connectivity index (χ2n) is 5.75. The van der Waals surface area contributed by atoms with Gasteiger partial charge in [-0.1, -0.05) is 6.92 Å². The van der Waals surface area contributed by atoms with E-state index in [1.54, 1.807) is 19.1 Å². The van der Waals surface area contributed by atoms with Crippen molar-refractivity contribution in [3.8, 4) is 5.75 Å². The van der Waals surface area contributed by atoms with Crippen molar-refractivity contribution in [2.45, 2.75) is 20.3 Å². The molecule has 0 bridgehead atoms. The van der Waals surface area contributed by atoms with E-state index in [-0.39, 0.29) is 17.0 Å². The van der Waals surface area contributed by atoms with Crippen molar-refractivity contribution in [1.82, 2.24) is 0 Å². The van der Waals surface area contributed by atoms with Gasteiger partial charge in [-0.15, -0.1) is 0 Å². The number of esters is 1. The van der Waals surface area contributed by atoms with E-state index in [1.165, 1.54) is 30.3 Å². The lowest BCUT2D eigenvalue weighted by Crippen LogP contribution is -2.09. The average Bonchev–Trinajstić information content (AvgIpc) is 2.60. The minimum absolute atomic E-state index is 0.0684. The predicted molar refractivity (Wildman–Crippen MR) is 94.7 cm³/mol. The standard InChI is InChI=1S/C19H15NO6/c1-3-12-9-18(21)26-17-10-14(5-6-15(12)17)25-19(22)13-4-7-16(20(23)24)11(2)8-13/h4-10H,3H2,1-2H3. The van der Waals surface area contributed by atoms with Crippen LogP contribution in [-0.2, 0) is 6.42 Å². The van der Waals surface area contributed by atoms with Crippen LogP contribution >= 0.6 is 0 Å². The van der Waals surface area contributed by atoms with Crippen LogP contribution in [-0.4, -0.2) is 10.9 Å². The quantitative estimate of drug-likeness (QED) is 0.233. The van der Waals surface area contributed by atoms with Crippen LogP contribution in [0.25, 0.3) is 11.0 Å². The van der Waals surface area contributed by atoms with E-state index in [1.807, 2.05) is 6.92 Å². The third kappa shape index (κ3) is 3.32. The Labute approximate surface area is 148 Å². The molecule has 0 aliphatic carbocycles. The summed E-state index contributed by atoms with van der Waals surface area (Å²) in [5.41, 5.74) is 1.20. The lowest BCUT2D eigenvalue weighted by atomic mass is 10.1. The van der Waals surface area contributed by atoms with Gasteiger partial charge >= 0.3 is 11.6 Å². The zero-order valence-corrected chi connectivity index (χ0v) is 14.1. The Kier molecular flexibility index (Phi) is 4.53. The van der Waals surface area contributed by atoms with E-state index in [9.17, 15) is 19.7 Å². The Morgan fingerprint density at radius 2 is 1.96 bits per heavy atom. The molecule has 2 aromatic carbocycles. The van der Waals surface area contributed by atoms with Gasteiger partial charge in [0.2, 0.25) is 0 Å². The molecular weight excluding hydrogens is 338 g/mol. The molecule has 3 aromatic rings. The van der Waals surface area contributed by atoms with Crippen molar-refractivity contribution in [1.29, 1.82) is 0 Å². The minimum Gasteiger partial charge on any atom is -0.423 e. The molecule has 0 spiro atoms. The normalized spacial score (nSPS) is 10.7. The van der Waals surface area contributed by atoms with Crippen molar-refractivity contribution >= 4 is 22.6 Å². The van der Waals surface area contributed by atoms with E-state index < -0.39 is 16.5 Å². The summed E-state index contributed by atoms with van der Waals surface area (Å²) in [6.07, 6.45) is 0.670. The number of carbonyl (C=O) groups excluding carboxylic acids is 1. The number of hydrogen-bond acceptors (Lipinski definition) is 6. The number of nitrogens with zero attached hydrogens (tertiary/aromatic N) is 1. The maximum Gasteiger partial charge on any atom is 0.343 e. The smallest absolute Gasteiger partial charge is 0.343 e. The maximum absolute atomic E-state index is 12.3. The van der Waals surface area contributed by atoms with Crippen molar-refractivity contribution < 1.29 is 18.9 Å². The van der Waals surface area contributed by atoms with Gasteiger partial charge in [-0.25, -0.2) is 9.59 Å². The van der Waals surface area contributed by atoms with Crippen molar-refractivity contribution in [2.24, 2.45) is 0 Å². The van der Waals surface area contributed by atoms with Gasteiger partial charge in [0.25, 0.3) is 5.69 Å². The summed E-state index contributed by atoms with van der Waals surface area (Å²) < 4.78 is 10.5. The van der Waals surface area contributed by atoms with E-state index in [2.05, 4.69) is 0 Å². The molecule has 0 aliphatic heterocycles. The number of carbonyl (C=O) groups is 1. The molecular formula is C19H15NO6. The van der Waals surface area contributed by atoms with Crippen LogP contribution in [0.4, 0.5) is 5.69 Å². The molecule has 7 nitrogen and oxygen atoms in total. The first-order valence-electron chi connectivity index (χ1n) is 7.93. The van der Waals surface area contributed by atoms with Gasteiger partial charge in [0, 0.05) is 29.1 Å². The first kappa shape index (κ1) is 17.3. The summed E-state index contributed by atoms with van der Waals surface area (Å²) >= 11 is 0. The molecule has 0 fully saturated rings. The van der Waals surface area contributed by atoms with Crippen molar-refractivity contribution in [3.05, 3.63) is 79.7 Å². The molecule has 3 rings (SSSR count). The number of nitro benzene ring substituents is 1. The highest BCUT2D eigenvalue weighted by atomic mass is 16.6. The summed E-state index contributed by atoms with van der Waals surface area (Å²) in [6, 6.07) is 10.2. The third-order valence-corrected chi connectivity index (χ3v) is 4.02. The molecule has 0 aliphatic rings. The third-order valence-electron chi connectivity index (χ3n) is 4.02. The SMILES string of the molecule is CCc1cc(=O)oc2cc(OC(=O)c3ccc([N+](=O)[O-])c(C)c3)ccc12. The number of rotatable bonds is 4. The van der Waals surface area contributed by atoms with Gasteiger partial charge in [0.05, 0.1) is 10.5 Å². The topological polar surface area (TPSA) is 99.7 Å². The molecule has 0 N–H and O–H groups in total. The molecule has 1 aromatic heterocycles. The Hall–Kier alpha value is -3.48. The summed E-state index contributed by atoms with van der Waals surface area (Å²) in [5.74, 6) is -0.439. The number of ether oxygens (including phenoxy) is 1. The largest absolute Gasteiger partial charge is 0.423 e. The van der Waals surface area contributed by atoms with Gasteiger partial charge < -0.3 is 9.15 Å². The molecule has 0 unspecified atom stereocenters. The first-order chi connectivity index (χ1) is 12.4. The molecule has 7 heteroatoms. The molecule has 0 atom stereocenters. The number of aryl methyl sites for hydroxylation is 2. The average molecular weight is 353 g/mol. The summed E-state index contributed by atoms with van der Waals surface area (Å²) in [5, 5.41) is 11.6.